The number of aromatic nitrogens is 1. The summed E-state index contributed by atoms with van der Waals surface area (Å²) in [6.45, 7) is 0. The van der Waals surface area contributed by atoms with Gasteiger partial charge in [-0.1, -0.05) is 30.9 Å². The Kier molecular flexibility index (Phi) is 3.31. The lowest BCUT2D eigenvalue weighted by Gasteiger charge is -2.27. The molecule has 2 aromatic rings. The Morgan fingerprint density at radius 2 is 2.00 bits per heavy atom. The number of nitrogens with two attached hydrogens (primary N) is 1. The fourth-order valence-corrected chi connectivity index (χ4v) is 3.31. The molecule has 3 heteroatoms. The monoisotopic (exact) mass is 262 g/mol. The van der Waals surface area contributed by atoms with E-state index in [1.54, 1.807) is 0 Å². The van der Waals surface area contributed by atoms with Gasteiger partial charge in [0.05, 0.1) is 0 Å². The van der Waals surface area contributed by atoms with Gasteiger partial charge >= 0.3 is 0 Å². The molecule has 1 aromatic heterocycles. The molecular weight excluding hydrogens is 244 g/mol. The number of H-pyrrole nitrogens is 1. The third kappa shape index (κ3) is 2.15. The molecule has 96 valence electrons. The number of rotatable bonds is 2. The van der Waals surface area contributed by atoms with Gasteiger partial charge in [-0.05, 0) is 42.5 Å². The van der Waals surface area contributed by atoms with Gasteiger partial charge in [0.15, 0.2) is 0 Å². The number of hydrogen-bond donors (Lipinski definition) is 2. The number of aromatic amines is 1. The lowest BCUT2D eigenvalue weighted by atomic mass is 9.81. The lowest BCUT2D eigenvalue weighted by Crippen LogP contribution is -2.23. The minimum Gasteiger partial charge on any atom is -0.361 e. The van der Waals surface area contributed by atoms with Crippen LogP contribution in [0.5, 0.6) is 0 Å². The summed E-state index contributed by atoms with van der Waals surface area (Å²) in [4.78, 5) is 3.30. The summed E-state index contributed by atoms with van der Waals surface area (Å²) in [6.07, 6.45) is 8.58. The molecule has 1 heterocycles. The predicted molar refractivity (Wildman–Crippen MR) is 76.8 cm³/mol. The maximum atomic E-state index is 6.47. The highest BCUT2D eigenvalue weighted by Gasteiger charge is 2.23. The zero-order valence-corrected chi connectivity index (χ0v) is 11.2. The van der Waals surface area contributed by atoms with Crippen LogP contribution in [0.1, 0.15) is 43.7 Å². The van der Waals surface area contributed by atoms with Crippen molar-refractivity contribution in [2.45, 2.75) is 38.1 Å². The maximum Gasteiger partial charge on any atom is 0.0458 e. The first-order chi connectivity index (χ1) is 8.75. The van der Waals surface area contributed by atoms with Crippen molar-refractivity contribution in [2.75, 3.05) is 0 Å². The third-order valence-electron chi connectivity index (χ3n) is 4.19. The Bertz CT molecular complexity index is 540. The second-order valence-corrected chi connectivity index (χ2v) is 5.79. The van der Waals surface area contributed by atoms with E-state index < -0.39 is 0 Å². The molecule has 1 aromatic carbocycles. The highest BCUT2D eigenvalue weighted by Crippen LogP contribution is 2.36. The molecule has 0 radical (unpaired) electrons. The van der Waals surface area contributed by atoms with E-state index in [-0.39, 0.29) is 6.04 Å². The van der Waals surface area contributed by atoms with Crippen molar-refractivity contribution in [1.29, 1.82) is 0 Å². The molecule has 0 spiro atoms. The van der Waals surface area contributed by atoms with E-state index in [1.807, 2.05) is 18.2 Å². The molecule has 0 bridgehead atoms. The van der Waals surface area contributed by atoms with E-state index in [1.165, 1.54) is 43.1 Å². The Morgan fingerprint density at radius 1 is 1.22 bits per heavy atom. The summed E-state index contributed by atoms with van der Waals surface area (Å²) in [5, 5.41) is 1.96. The third-order valence-corrected chi connectivity index (χ3v) is 4.43. The largest absolute Gasteiger partial charge is 0.361 e. The van der Waals surface area contributed by atoms with Crippen LogP contribution in [0.3, 0.4) is 0 Å². The molecule has 3 rings (SSSR count). The van der Waals surface area contributed by atoms with Crippen LogP contribution in [0.4, 0.5) is 0 Å². The van der Waals surface area contributed by atoms with E-state index in [2.05, 4.69) is 11.2 Å². The Labute approximate surface area is 113 Å². The van der Waals surface area contributed by atoms with Gasteiger partial charge in [0, 0.05) is 28.2 Å². The predicted octanol–water partition coefficient (Wildman–Crippen LogP) is 4.40. The van der Waals surface area contributed by atoms with Crippen LogP contribution in [0.15, 0.2) is 24.4 Å². The van der Waals surface area contributed by atoms with Crippen molar-refractivity contribution in [3.8, 4) is 0 Å². The SMILES string of the molecule is NC(c1c[nH]c2ccc(Cl)cc12)C1CCCCC1. The zero-order chi connectivity index (χ0) is 12.5. The van der Waals surface area contributed by atoms with Crippen molar-refractivity contribution >= 4 is 22.5 Å². The molecule has 1 aliphatic carbocycles. The van der Waals surface area contributed by atoms with Gasteiger partial charge in [-0.25, -0.2) is 0 Å². The molecular formula is C15H19ClN2. The summed E-state index contributed by atoms with van der Waals surface area (Å²) in [5.74, 6) is 0.622. The molecule has 18 heavy (non-hydrogen) atoms. The van der Waals surface area contributed by atoms with Crippen LogP contribution in [0, 0.1) is 5.92 Å². The van der Waals surface area contributed by atoms with Gasteiger partial charge in [-0.15, -0.1) is 0 Å². The number of halogens is 1. The summed E-state index contributed by atoms with van der Waals surface area (Å²) in [5.41, 5.74) is 8.81. The highest BCUT2D eigenvalue weighted by molar-refractivity contribution is 6.31. The van der Waals surface area contributed by atoms with Crippen molar-refractivity contribution in [3.05, 3.63) is 35.0 Å². The van der Waals surface area contributed by atoms with Crippen LogP contribution in [0.25, 0.3) is 10.9 Å². The van der Waals surface area contributed by atoms with E-state index in [0.717, 1.165) is 10.5 Å². The van der Waals surface area contributed by atoms with Crippen molar-refractivity contribution in [2.24, 2.45) is 11.7 Å². The summed E-state index contributed by atoms with van der Waals surface area (Å²) in [6, 6.07) is 6.09. The van der Waals surface area contributed by atoms with Crippen molar-refractivity contribution in [1.82, 2.24) is 4.98 Å². The fraction of sp³-hybridized carbons (Fsp3) is 0.467. The first-order valence-corrected chi connectivity index (χ1v) is 7.15. The molecule has 3 N–H and O–H groups in total. The summed E-state index contributed by atoms with van der Waals surface area (Å²) >= 11 is 6.08. The lowest BCUT2D eigenvalue weighted by molar-refractivity contribution is 0.309. The summed E-state index contributed by atoms with van der Waals surface area (Å²) in [7, 11) is 0. The first kappa shape index (κ1) is 12.1. The highest BCUT2D eigenvalue weighted by atomic mass is 35.5. The van der Waals surface area contributed by atoms with Crippen LogP contribution < -0.4 is 5.73 Å². The molecule has 0 saturated heterocycles. The standard InChI is InChI=1S/C15H19ClN2/c16-11-6-7-14-12(8-11)13(9-18-14)15(17)10-4-2-1-3-5-10/h6-10,15,18H,1-5,17H2. The number of benzene rings is 1. The van der Waals surface area contributed by atoms with Gasteiger partial charge in [0.25, 0.3) is 0 Å². The molecule has 0 amide bonds. The number of nitrogens with one attached hydrogen (secondary N) is 1. The summed E-state index contributed by atoms with van der Waals surface area (Å²) < 4.78 is 0. The second kappa shape index (κ2) is 4.94. The van der Waals surface area contributed by atoms with Crippen molar-refractivity contribution < 1.29 is 0 Å². The fourth-order valence-electron chi connectivity index (χ4n) is 3.14. The Hall–Kier alpha value is -0.990. The van der Waals surface area contributed by atoms with Crippen LogP contribution in [-0.4, -0.2) is 4.98 Å². The molecule has 1 saturated carbocycles. The van der Waals surface area contributed by atoms with E-state index in [9.17, 15) is 0 Å². The molecule has 2 nitrogen and oxygen atoms in total. The average Bonchev–Trinajstić information content (AvgIpc) is 2.82. The van der Waals surface area contributed by atoms with Gasteiger partial charge in [-0.3, -0.25) is 0 Å². The van der Waals surface area contributed by atoms with Crippen LogP contribution >= 0.6 is 11.6 Å². The second-order valence-electron chi connectivity index (χ2n) is 5.36. The van der Waals surface area contributed by atoms with Crippen molar-refractivity contribution in [3.63, 3.8) is 0 Å². The zero-order valence-electron chi connectivity index (χ0n) is 10.5. The average molecular weight is 263 g/mol. The molecule has 1 aliphatic rings. The minimum absolute atomic E-state index is 0.137. The van der Waals surface area contributed by atoms with Gasteiger partial charge in [0.2, 0.25) is 0 Å². The van der Waals surface area contributed by atoms with Crippen LogP contribution in [-0.2, 0) is 0 Å². The van der Waals surface area contributed by atoms with Gasteiger partial charge in [-0.2, -0.15) is 0 Å². The van der Waals surface area contributed by atoms with Crippen LogP contribution in [0.2, 0.25) is 5.02 Å². The van der Waals surface area contributed by atoms with E-state index >= 15 is 0 Å². The Balaban J connectivity index is 1.95. The minimum atomic E-state index is 0.137. The van der Waals surface area contributed by atoms with E-state index in [0.29, 0.717) is 5.92 Å². The number of fused-ring (bicyclic) bond motifs is 1. The number of hydrogen-bond acceptors (Lipinski definition) is 1. The molecule has 1 fully saturated rings. The van der Waals surface area contributed by atoms with Gasteiger partial charge < -0.3 is 10.7 Å². The quantitative estimate of drug-likeness (QED) is 0.827. The smallest absolute Gasteiger partial charge is 0.0458 e. The molecule has 0 aliphatic heterocycles. The maximum absolute atomic E-state index is 6.47. The topological polar surface area (TPSA) is 41.8 Å². The van der Waals surface area contributed by atoms with Gasteiger partial charge in [0.1, 0.15) is 0 Å². The first-order valence-electron chi connectivity index (χ1n) is 6.78. The molecule has 1 unspecified atom stereocenters. The van der Waals surface area contributed by atoms with E-state index in [4.69, 9.17) is 17.3 Å². The normalized spacial score (nSPS) is 19.2. The molecule has 1 atom stereocenters. The Morgan fingerprint density at radius 3 is 2.78 bits per heavy atom.